The maximum atomic E-state index is 13.9. The van der Waals surface area contributed by atoms with Crippen molar-refractivity contribution in [3.05, 3.63) is 53.6 Å². The van der Waals surface area contributed by atoms with Crippen LogP contribution in [0.15, 0.2) is 30.6 Å². The molecular weight excluding hydrogens is 330 g/mol. The van der Waals surface area contributed by atoms with Crippen LogP contribution in [-0.2, 0) is 11.3 Å². The Morgan fingerprint density at radius 3 is 2.88 bits per heavy atom. The van der Waals surface area contributed by atoms with E-state index in [1.807, 2.05) is 0 Å². The minimum absolute atomic E-state index is 0.0122. The fraction of sp³-hybridized carbons (Fsp3) is 0.353. The second-order valence-corrected chi connectivity index (χ2v) is 6.09. The highest BCUT2D eigenvalue weighted by Gasteiger charge is 2.29. The van der Waals surface area contributed by atoms with Gasteiger partial charge in [-0.2, -0.15) is 0 Å². The van der Waals surface area contributed by atoms with E-state index in [0.717, 1.165) is 24.6 Å². The summed E-state index contributed by atoms with van der Waals surface area (Å²) in [4.78, 5) is 29.5. The monoisotopic (exact) mass is 348 g/mol. The Morgan fingerprint density at radius 2 is 2.12 bits per heavy atom. The van der Waals surface area contributed by atoms with Crippen LogP contribution in [0, 0.1) is 11.6 Å². The van der Waals surface area contributed by atoms with Crippen molar-refractivity contribution < 1.29 is 18.4 Å². The van der Waals surface area contributed by atoms with Crippen LogP contribution in [0.4, 0.5) is 8.78 Å². The van der Waals surface area contributed by atoms with Crippen molar-refractivity contribution in [3.63, 3.8) is 0 Å². The predicted molar refractivity (Wildman–Crippen MR) is 85.7 cm³/mol. The summed E-state index contributed by atoms with van der Waals surface area (Å²) in [6, 6.07) is 2.84. The number of nitrogens with zero attached hydrogens (tertiary/aromatic N) is 3. The number of carbonyl (C=O) groups excluding carboxylic acids is 2. The Balaban J connectivity index is 1.79. The highest BCUT2D eigenvalue weighted by atomic mass is 19.1. The van der Waals surface area contributed by atoms with Crippen molar-refractivity contribution >= 4 is 11.8 Å². The third-order valence-corrected chi connectivity index (χ3v) is 4.31. The third kappa shape index (κ3) is 3.67. The zero-order valence-corrected chi connectivity index (χ0v) is 13.5. The molecule has 0 spiro atoms. The fourth-order valence-electron chi connectivity index (χ4n) is 3.19. The zero-order valence-electron chi connectivity index (χ0n) is 13.5. The molecule has 1 atom stereocenters. The van der Waals surface area contributed by atoms with Crippen molar-refractivity contribution in [1.29, 1.82) is 0 Å². The van der Waals surface area contributed by atoms with E-state index in [2.05, 4.69) is 4.98 Å². The quantitative estimate of drug-likeness (QED) is 0.912. The SMILES string of the molecule is NC(=O)Cn1ccnc1[C@@H]1CCCN(C(=O)c2cc(F)ccc2F)C1. The molecule has 1 aromatic heterocycles. The van der Waals surface area contributed by atoms with Crippen LogP contribution in [0.5, 0.6) is 0 Å². The van der Waals surface area contributed by atoms with Gasteiger partial charge in [0, 0.05) is 31.4 Å². The number of aromatic nitrogens is 2. The van der Waals surface area contributed by atoms with Crippen LogP contribution in [0.2, 0.25) is 0 Å². The Labute approximate surface area is 143 Å². The van der Waals surface area contributed by atoms with Gasteiger partial charge in [-0.3, -0.25) is 9.59 Å². The molecule has 2 amide bonds. The fourth-order valence-corrected chi connectivity index (χ4v) is 3.19. The summed E-state index contributed by atoms with van der Waals surface area (Å²) in [6.07, 6.45) is 4.72. The van der Waals surface area contributed by atoms with Gasteiger partial charge in [-0.25, -0.2) is 13.8 Å². The lowest BCUT2D eigenvalue weighted by atomic mass is 9.96. The van der Waals surface area contributed by atoms with Crippen molar-refractivity contribution in [2.75, 3.05) is 13.1 Å². The number of nitrogens with two attached hydrogens (primary N) is 1. The number of primary amides is 1. The van der Waals surface area contributed by atoms with Gasteiger partial charge in [0.25, 0.3) is 5.91 Å². The molecule has 1 aliphatic heterocycles. The average Bonchev–Trinajstić information content (AvgIpc) is 3.04. The summed E-state index contributed by atoms with van der Waals surface area (Å²) < 4.78 is 28.9. The van der Waals surface area contributed by atoms with Gasteiger partial charge in [0.2, 0.25) is 5.91 Å². The van der Waals surface area contributed by atoms with E-state index in [1.165, 1.54) is 4.90 Å². The van der Waals surface area contributed by atoms with Crippen LogP contribution >= 0.6 is 0 Å². The second kappa shape index (κ2) is 7.00. The summed E-state index contributed by atoms with van der Waals surface area (Å²) in [6.45, 7) is 0.796. The number of imidazole rings is 1. The van der Waals surface area contributed by atoms with Crippen LogP contribution in [-0.4, -0.2) is 39.4 Å². The molecule has 3 rings (SSSR count). The third-order valence-electron chi connectivity index (χ3n) is 4.31. The first kappa shape index (κ1) is 17.1. The van der Waals surface area contributed by atoms with E-state index in [9.17, 15) is 18.4 Å². The lowest BCUT2D eigenvalue weighted by molar-refractivity contribution is -0.118. The summed E-state index contributed by atoms with van der Waals surface area (Å²) >= 11 is 0. The van der Waals surface area contributed by atoms with Crippen molar-refractivity contribution in [2.45, 2.75) is 25.3 Å². The van der Waals surface area contributed by atoms with E-state index in [-0.39, 0.29) is 18.0 Å². The number of carbonyl (C=O) groups is 2. The maximum absolute atomic E-state index is 13.9. The molecular formula is C17H18F2N4O2. The zero-order chi connectivity index (χ0) is 18.0. The lowest BCUT2D eigenvalue weighted by Crippen LogP contribution is -2.40. The smallest absolute Gasteiger partial charge is 0.256 e. The standard InChI is InChI=1S/C17H18F2N4O2/c18-12-3-4-14(19)13(8-12)17(25)23-6-1-2-11(9-23)16-21-5-7-22(16)10-15(20)24/h3-5,7-8,11H,1-2,6,9-10H2,(H2,20,24)/t11-/m1/s1. The predicted octanol–water partition coefficient (Wildman–Crippen LogP) is 1.67. The van der Waals surface area contributed by atoms with Gasteiger partial charge in [-0.1, -0.05) is 0 Å². The Morgan fingerprint density at radius 1 is 1.32 bits per heavy atom. The van der Waals surface area contributed by atoms with Crippen molar-refractivity contribution in [1.82, 2.24) is 14.5 Å². The molecule has 2 N–H and O–H groups in total. The number of piperidine rings is 1. The van der Waals surface area contributed by atoms with E-state index in [4.69, 9.17) is 5.73 Å². The Bertz CT molecular complexity index is 806. The minimum Gasteiger partial charge on any atom is -0.368 e. The highest BCUT2D eigenvalue weighted by molar-refractivity contribution is 5.94. The van der Waals surface area contributed by atoms with Gasteiger partial charge >= 0.3 is 0 Å². The number of rotatable bonds is 4. The molecule has 132 valence electrons. The second-order valence-electron chi connectivity index (χ2n) is 6.09. The molecule has 0 saturated carbocycles. The molecule has 1 saturated heterocycles. The molecule has 2 heterocycles. The molecule has 0 bridgehead atoms. The molecule has 1 aromatic carbocycles. The van der Waals surface area contributed by atoms with Gasteiger partial charge in [0.05, 0.1) is 5.56 Å². The molecule has 25 heavy (non-hydrogen) atoms. The normalized spacial score (nSPS) is 17.5. The van der Waals surface area contributed by atoms with E-state index < -0.39 is 23.4 Å². The maximum Gasteiger partial charge on any atom is 0.256 e. The summed E-state index contributed by atoms with van der Waals surface area (Å²) in [5.74, 6) is -1.86. The Hall–Kier alpha value is -2.77. The first-order valence-electron chi connectivity index (χ1n) is 7.99. The number of halogens is 2. The van der Waals surface area contributed by atoms with Crippen LogP contribution in [0.1, 0.15) is 34.9 Å². The molecule has 0 unspecified atom stereocenters. The van der Waals surface area contributed by atoms with Crippen LogP contribution < -0.4 is 5.73 Å². The van der Waals surface area contributed by atoms with E-state index in [1.54, 1.807) is 17.0 Å². The number of amides is 2. The summed E-state index contributed by atoms with van der Waals surface area (Å²) in [5, 5.41) is 0. The number of hydrogen-bond donors (Lipinski definition) is 1. The highest BCUT2D eigenvalue weighted by Crippen LogP contribution is 2.27. The van der Waals surface area contributed by atoms with Gasteiger partial charge in [-0.05, 0) is 31.0 Å². The van der Waals surface area contributed by atoms with Crippen molar-refractivity contribution in [2.24, 2.45) is 5.73 Å². The largest absolute Gasteiger partial charge is 0.368 e. The lowest BCUT2D eigenvalue weighted by Gasteiger charge is -2.32. The topological polar surface area (TPSA) is 81.2 Å². The average molecular weight is 348 g/mol. The molecule has 0 aliphatic carbocycles. The van der Waals surface area contributed by atoms with Gasteiger partial charge in [-0.15, -0.1) is 0 Å². The van der Waals surface area contributed by atoms with Gasteiger partial charge in [0.15, 0.2) is 0 Å². The number of hydrogen-bond acceptors (Lipinski definition) is 3. The summed E-state index contributed by atoms with van der Waals surface area (Å²) in [5.41, 5.74) is 4.96. The first-order valence-corrected chi connectivity index (χ1v) is 7.99. The van der Waals surface area contributed by atoms with Crippen LogP contribution in [0.25, 0.3) is 0 Å². The molecule has 2 aromatic rings. The first-order chi connectivity index (χ1) is 12.0. The molecule has 8 heteroatoms. The molecule has 0 radical (unpaired) electrons. The summed E-state index contributed by atoms with van der Waals surface area (Å²) in [7, 11) is 0. The number of likely N-dealkylation sites (tertiary alicyclic amines) is 1. The van der Waals surface area contributed by atoms with E-state index >= 15 is 0 Å². The van der Waals surface area contributed by atoms with Gasteiger partial charge < -0.3 is 15.2 Å². The number of benzene rings is 1. The molecule has 1 aliphatic rings. The van der Waals surface area contributed by atoms with Crippen molar-refractivity contribution in [3.8, 4) is 0 Å². The Kier molecular flexibility index (Phi) is 4.78. The van der Waals surface area contributed by atoms with E-state index in [0.29, 0.717) is 25.3 Å². The minimum atomic E-state index is -0.747. The molecule has 1 fully saturated rings. The van der Waals surface area contributed by atoms with Crippen LogP contribution in [0.3, 0.4) is 0 Å². The molecule has 6 nitrogen and oxygen atoms in total. The van der Waals surface area contributed by atoms with Gasteiger partial charge in [0.1, 0.15) is 24.0 Å².